The van der Waals surface area contributed by atoms with Gasteiger partial charge in [0, 0.05) is 37.5 Å². The lowest BCUT2D eigenvalue weighted by molar-refractivity contribution is 0.114. The van der Waals surface area contributed by atoms with Crippen LogP contribution in [-0.4, -0.2) is 38.8 Å². The fourth-order valence-electron chi connectivity index (χ4n) is 2.16. The van der Waals surface area contributed by atoms with E-state index in [0.29, 0.717) is 12.0 Å². The molecule has 2 atom stereocenters. The number of nitrogens with zero attached hydrogens (tertiary/aromatic N) is 1. The van der Waals surface area contributed by atoms with Crippen LogP contribution in [0, 0.1) is 0 Å². The summed E-state index contributed by atoms with van der Waals surface area (Å²) in [6, 6.07) is 4.28. The zero-order valence-electron chi connectivity index (χ0n) is 12.1. The zero-order valence-corrected chi connectivity index (χ0v) is 15.2. The summed E-state index contributed by atoms with van der Waals surface area (Å²) in [5.74, 6) is 1.36. The van der Waals surface area contributed by atoms with Gasteiger partial charge in [0.05, 0.1) is 6.10 Å². The van der Waals surface area contributed by atoms with Crippen molar-refractivity contribution in [1.82, 2.24) is 10.6 Å². The highest BCUT2D eigenvalue weighted by atomic mass is 127. The Morgan fingerprint density at radius 3 is 3.00 bits per heavy atom. The SMILES string of the molecule is CN=C(NCC1CCCO1)NCC(C)c1cccs1.I. The summed E-state index contributed by atoms with van der Waals surface area (Å²) in [4.78, 5) is 5.65. The molecule has 2 heterocycles. The Balaban J connectivity index is 0.00000200. The predicted molar refractivity (Wildman–Crippen MR) is 96.5 cm³/mol. The Labute approximate surface area is 142 Å². The van der Waals surface area contributed by atoms with Crippen LogP contribution in [0.2, 0.25) is 0 Å². The van der Waals surface area contributed by atoms with Crippen LogP contribution in [0.3, 0.4) is 0 Å². The fraction of sp³-hybridized carbons (Fsp3) is 0.643. The number of guanidine groups is 1. The molecular weight excluding hydrogens is 385 g/mol. The summed E-state index contributed by atoms with van der Waals surface area (Å²) >= 11 is 1.80. The van der Waals surface area contributed by atoms with Gasteiger partial charge in [-0.05, 0) is 24.3 Å². The second kappa shape index (κ2) is 9.57. The molecule has 1 saturated heterocycles. The van der Waals surface area contributed by atoms with E-state index in [1.807, 2.05) is 0 Å². The van der Waals surface area contributed by atoms with Gasteiger partial charge in [0.1, 0.15) is 0 Å². The molecule has 1 aliphatic rings. The first-order valence-corrected chi connectivity index (χ1v) is 7.77. The van der Waals surface area contributed by atoms with Gasteiger partial charge in [-0.3, -0.25) is 4.99 Å². The van der Waals surface area contributed by atoms with E-state index in [4.69, 9.17) is 4.74 Å². The first-order valence-electron chi connectivity index (χ1n) is 6.89. The topological polar surface area (TPSA) is 45.7 Å². The Kier molecular flexibility index (Phi) is 8.47. The van der Waals surface area contributed by atoms with Crippen LogP contribution in [0.1, 0.15) is 30.6 Å². The zero-order chi connectivity index (χ0) is 13.5. The summed E-state index contributed by atoms with van der Waals surface area (Å²) in [6.45, 7) is 4.86. The monoisotopic (exact) mass is 409 g/mol. The summed E-state index contributed by atoms with van der Waals surface area (Å²) in [7, 11) is 1.81. The van der Waals surface area contributed by atoms with E-state index in [1.54, 1.807) is 18.4 Å². The number of nitrogens with one attached hydrogen (secondary N) is 2. The summed E-state index contributed by atoms with van der Waals surface area (Å²) < 4.78 is 5.59. The third-order valence-corrected chi connectivity index (χ3v) is 4.45. The van der Waals surface area contributed by atoms with Gasteiger partial charge in [-0.25, -0.2) is 0 Å². The van der Waals surface area contributed by atoms with Gasteiger partial charge in [0.15, 0.2) is 5.96 Å². The Morgan fingerprint density at radius 2 is 2.40 bits per heavy atom. The third kappa shape index (κ3) is 5.57. The van der Waals surface area contributed by atoms with Crippen molar-refractivity contribution < 1.29 is 4.74 Å². The molecule has 2 rings (SSSR count). The number of aliphatic imine (C=N–C) groups is 1. The van der Waals surface area contributed by atoms with E-state index in [0.717, 1.165) is 32.1 Å². The number of rotatable bonds is 5. The second-order valence-corrected chi connectivity index (χ2v) is 5.86. The van der Waals surface area contributed by atoms with Gasteiger partial charge in [-0.1, -0.05) is 13.0 Å². The normalized spacial score (nSPS) is 20.3. The molecule has 4 nitrogen and oxygen atoms in total. The fourth-order valence-corrected chi connectivity index (χ4v) is 2.95. The van der Waals surface area contributed by atoms with E-state index in [-0.39, 0.29) is 24.0 Å². The highest BCUT2D eigenvalue weighted by molar-refractivity contribution is 14.0. The van der Waals surface area contributed by atoms with Gasteiger partial charge < -0.3 is 15.4 Å². The molecular formula is C14H24IN3OS. The average molecular weight is 409 g/mol. The lowest BCUT2D eigenvalue weighted by atomic mass is 10.1. The molecule has 0 radical (unpaired) electrons. The van der Waals surface area contributed by atoms with E-state index in [9.17, 15) is 0 Å². The molecule has 2 unspecified atom stereocenters. The maximum Gasteiger partial charge on any atom is 0.191 e. The molecule has 0 bridgehead atoms. The van der Waals surface area contributed by atoms with Gasteiger partial charge in [-0.15, -0.1) is 35.3 Å². The van der Waals surface area contributed by atoms with Crippen LogP contribution >= 0.6 is 35.3 Å². The molecule has 1 aliphatic heterocycles. The molecule has 0 saturated carbocycles. The van der Waals surface area contributed by atoms with E-state index >= 15 is 0 Å². The first-order chi connectivity index (χ1) is 9.29. The van der Waals surface area contributed by atoms with Gasteiger partial charge in [0.25, 0.3) is 0 Å². The highest BCUT2D eigenvalue weighted by Crippen LogP contribution is 2.19. The van der Waals surface area contributed by atoms with E-state index in [1.165, 1.54) is 11.3 Å². The molecule has 20 heavy (non-hydrogen) atoms. The molecule has 0 spiro atoms. The van der Waals surface area contributed by atoms with Crippen molar-refractivity contribution in [2.45, 2.75) is 31.8 Å². The van der Waals surface area contributed by atoms with Gasteiger partial charge >= 0.3 is 0 Å². The van der Waals surface area contributed by atoms with E-state index < -0.39 is 0 Å². The highest BCUT2D eigenvalue weighted by Gasteiger charge is 2.15. The maximum absolute atomic E-state index is 5.59. The number of hydrogen-bond acceptors (Lipinski definition) is 3. The minimum atomic E-state index is 0. The van der Waals surface area contributed by atoms with Crippen LogP contribution in [0.4, 0.5) is 0 Å². The predicted octanol–water partition coefficient (Wildman–Crippen LogP) is 2.81. The van der Waals surface area contributed by atoms with Gasteiger partial charge in [0.2, 0.25) is 0 Å². The number of ether oxygens (including phenoxy) is 1. The molecule has 114 valence electrons. The molecule has 0 amide bonds. The number of thiophene rings is 1. The van der Waals surface area contributed by atoms with Crippen molar-refractivity contribution >= 4 is 41.3 Å². The molecule has 0 aromatic carbocycles. The Bertz CT molecular complexity index is 391. The Hall–Kier alpha value is -0.340. The molecule has 1 fully saturated rings. The maximum atomic E-state index is 5.59. The number of halogens is 1. The molecule has 1 aromatic rings. The first kappa shape index (κ1) is 17.7. The summed E-state index contributed by atoms with van der Waals surface area (Å²) in [5.41, 5.74) is 0. The lowest BCUT2D eigenvalue weighted by Gasteiger charge is -2.17. The van der Waals surface area contributed by atoms with Crippen molar-refractivity contribution in [3.8, 4) is 0 Å². The average Bonchev–Trinajstić information content (AvgIpc) is 3.11. The van der Waals surface area contributed by atoms with Crippen LogP contribution in [0.25, 0.3) is 0 Å². The largest absolute Gasteiger partial charge is 0.376 e. The van der Waals surface area contributed by atoms with Crippen molar-refractivity contribution in [3.05, 3.63) is 22.4 Å². The van der Waals surface area contributed by atoms with Gasteiger partial charge in [-0.2, -0.15) is 0 Å². The summed E-state index contributed by atoms with van der Waals surface area (Å²) in [6.07, 6.45) is 2.66. The minimum Gasteiger partial charge on any atom is -0.376 e. The molecule has 1 aromatic heterocycles. The second-order valence-electron chi connectivity index (χ2n) is 4.89. The third-order valence-electron chi connectivity index (χ3n) is 3.35. The van der Waals surface area contributed by atoms with Crippen LogP contribution in [0.5, 0.6) is 0 Å². The van der Waals surface area contributed by atoms with Crippen LogP contribution in [0.15, 0.2) is 22.5 Å². The lowest BCUT2D eigenvalue weighted by Crippen LogP contribution is -2.42. The minimum absolute atomic E-state index is 0. The summed E-state index contributed by atoms with van der Waals surface area (Å²) in [5, 5.41) is 8.82. The van der Waals surface area contributed by atoms with Crippen molar-refractivity contribution in [3.63, 3.8) is 0 Å². The van der Waals surface area contributed by atoms with E-state index in [2.05, 4.69) is 40.1 Å². The van der Waals surface area contributed by atoms with Crippen molar-refractivity contribution in [1.29, 1.82) is 0 Å². The van der Waals surface area contributed by atoms with Crippen LogP contribution in [-0.2, 0) is 4.74 Å². The standard InChI is InChI=1S/C14H23N3OS.HI/c1-11(13-6-4-8-19-13)9-16-14(15-2)17-10-12-5-3-7-18-12;/h4,6,8,11-12H,3,5,7,9-10H2,1-2H3,(H2,15,16,17);1H. The van der Waals surface area contributed by atoms with Crippen LogP contribution < -0.4 is 10.6 Å². The van der Waals surface area contributed by atoms with Crippen molar-refractivity contribution in [2.75, 3.05) is 26.7 Å². The Morgan fingerprint density at radius 1 is 1.55 bits per heavy atom. The quantitative estimate of drug-likeness (QED) is 0.447. The van der Waals surface area contributed by atoms with Crippen molar-refractivity contribution in [2.24, 2.45) is 4.99 Å². The number of hydrogen-bond donors (Lipinski definition) is 2. The molecule has 2 N–H and O–H groups in total. The smallest absolute Gasteiger partial charge is 0.191 e. The molecule has 0 aliphatic carbocycles. The molecule has 6 heteroatoms.